The van der Waals surface area contributed by atoms with Gasteiger partial charge in [0.05, 0.1) is 5.69 Å². The molecule has 2 N–H and O–H groups in total. The van der Waals surface area contributed by atoms with Crippen molar-refractivity contribution >= 4 is 51.3 Å². The van der Waals surface area contributed by atoms with Crippen LogP contribution in [0, 0.1) is 0 Å². The number of hydrogen-bond acceptors (Lipinski definition) is 3. The van der Waals surface area contributed by atoms with Gasteiger partial charge >= 0.3 is 0 Å². The van der Waals surface area contributed by atoms with E-state index in [9.17, 15) is 0 Å². The van der Waals surface area contributed by atoms with Gasteiger partial charge in [0.15, 0.2) is 0 Å². The summed E-state index contributed by atoms with van der Waals surface area (Å²) in [6.45, 7) is 0. The maximum Gasteiger partial charge on any atom is 0.0514 e. The van der Waals surface area contributed by atoms with Crippen LogP contribution in [0.2, 0.25) is 0 Å². The average Bonchev–Trinajstić information content (AvgIpc) is 2.50. The highest BCUT2D eigenvalue weighted by molar-refractivity contribution is 7.80. The molecule has 0 amide bonds. The molecule has 0 atom stereocenters. The number of anilines is 1. The van der Waals surface area contributed by atoms with Crippen LogP contribution in [-0.2, 0) is 5.88 Å². The molecule has 1 aromatic carbocycles. The molecule has 0 radical (unpaired) electrons. The zero-order valence-corrected chi connectivity index (χ0v) is 9.22. The second-order valence-corrected chi connectivity index (χ2v) is 4.40. The Labute approximate surface area is 90.9 Å². The summed E-state index contributed by atoms with van der Waals surface area (Å²) in [6, 6.07) is 3.93. The van der Waals surface area contributed by atoms with Crippen molar-refractivity contribution in [2.24, 2.45) is 0 Å². The third-order valence-corrected chi connectivity index (χ3v) is 3.69. The number of thiol groups is 1. The summed E-state index contributed by atoms with van der Waals surface area (Å²) in [4.78, 5) is 0.919. The number of fused-ring (bicyclic) bond motifs is 1. The molecule has 1 heterocycles. The molecule has 0 unspecified atom stereocenters. The molecule has 0 saturated heterocycles. The van der Waals surface area contributed by atoms with Gasteiger partial charge in [-0.25, -0.2) is 0 Å². The summed E-state index contributed by atoms with van der Waals surface area (Å²) < 4.78 is 1.15. The second kappa shape index (κ2) is 3.40. The number of halogens is 1. The SMILES string of the molecule is Nc1csc2c(CCl)ccc(S)c12. The normalized spacial score (nSPS) is 10.9. The van der Waals surface area contributed by atoms with Crippen molar-refractivity contribution in [2.45, 2.75) is 10.8 Å². The predicted molar refractivity (Wildman–Crippen MR) is 63.0 cm³/mol. The highest BCUT2D eigenvalue weighted by Gasteiger charge is 2.07. The van der Waals surface area contributed by atoms with Gasteiger partial charge in [0.1, 0.15) is 0 Å². The highest BCUT2D eigenvalue weighted by Crippen LogP contribution is 2.35. The van der Waals surface area contributed by atoms with Crippen LogP contribution in [0.3, 0.4) is 0 Å². The first-order valence-electron chi connectivity index (χ1n) is 3.77. The van der Waals surface area contributed by atoms with Gasteiger partial charge in [-0.15, -0.1) is 35.6 Å². The van der Waals surface area contributed by atoms with Gasteiger partial charge in [-0.3, -0.25) is 0 Å². The maximum atomic E-state index is 5.82. The van der Waals surface area contributed by atoms with E-state index >= 15 is 0 Å². The van der Waals surface area contributed by atoms with Gasteiger partial charge in [0, 0.05) is 26.2 Å². The van der Waals surface area contributed by atoms with Crippen molar-refractivity contribution < 1.29 is 0 Å². The van der Waals surface area contributed by atoms with E-state index in [-0.39, 0.29) is 0 Å². The molecule has 68 valence electrons. The van der Waals surface area contributed by atoms with Crippen LogP contribution in [0.1, 0.15) is 5.56 Å². The van der Waals surface area contributed by atoms with E-state index in [0.29, 0.717) is 5.88 Å². The fraction of sp³-hybridized carbons (Fsp3) is 0.111. The van der Waals surface area contributed by atoms with E-state index in [2.05, 4.69) is 12.6 Å². The minimum atomic E-state index is 0.518. The molecule has 0 bridgehead atoms. The molecular formula is C9H8ClNS2. The largest absolute Gasteiger partial charge is 0.398 e. The summed E-state index contributed by atoms with van der Waals surface area (Å²) >= 11 is 11.8. The summed E-state index contributed by atoms with van der Waals surface area (Å²) in [5.74, 6) is 0.518. The van der Waals surface area contributed by atoms with Crippen molar-refractivity contribution in [1.29, 1.82) is 0 Å². The molecule has 0 aliphatic carbocycles. The maximum absolute atomic E-state index is 5.82. The molecule has 2 aromatic rings. The minimum Gasteiger partial charge on any atom is -0.398 e. The van der Waals surface area contributed by atoms with Gasteiger partial charge in [-0.2, -0.15) is 0 Å². The monoisotopic (exact) mass is 229 g/mol. The number of rotatable bonds is 1. The predicted octanol–water partition coefficient (Wildman–Crippen LogP) is 3.51. The van der Waals surface area contributed by atoms with Crippen molar-refractivity contribution in [3.8, 4) is 0 Å². The lowest BCUT2D eigenvalue weighted by molar-refractivity contribution is 1.43. The molecule has 1 aromatic heterocycles. The van der Waals surface area contributed by atoms with Crippen LogP contribution in [0.15, 0.2) is 22.4 Å². The smallest absolute Gasteiger partial charge is 0.0514 e. The Morgan fingerprint density at radius 3 is 2.92 bits per heavy atom. The number of thiophene rings is 1. The van der Waals surface area contributed by atoms with Gasteiger partial charge in [-0.1, -0.05) is 6.07 Å². The molecule has 0 saturated carbocycles. The Hall–Kier alpha value is -0.380. The van der Waals surface area contributed by atoms with Crippen LogP contribution < -0.4 is 5.73 Å². The lowest BCUT2D eigenvalue weighted by atomic mass is 10.2. The van der Waals surface area contributed by atoms with E-state index in [0.717, 1.165) is 26.2 Å². The summed E-state index contributed by atoms with van der Waals surface area (Å²) in [6.07, 6.45) is 0. The molecule has 4 heteroatoms. The van der Waals surface area contributed by atoms with Crippen LogP contribution in [-0.4, -0.2) is 0 Å². The average molecular weight is 230 g/mol. The number of nitrogens with two attached hydrogens (primary N) is 1. The molecule has 13 heavy (non-hydrogen) atoms. The van der Waals surface area contributed by atoms with E-state index < -0.39 is 0 Å². The highest BCUT2D eigenvalue weighted by atomic mass is 35.5. The first-order chi connectivity index (χ1) is 6.24. The summed E-state index contributed by atoms with van der Waals surface area (Å²) in [5.41, 5.74) is 7.73. The fourth-order valence-electron chi connectivity index (χ4n) is 1.32. The van der Waals surface area contributed by atoms with Crippen molar-refractivity contribution in [1.82, 2.24) is 0 Å². The lowest BCUT2D eigenvalue weighted by Gasteiger charge is -2.01. The van der Waals surface area contributed by atoms with Gasteiger partial charge < -0.3 is 5.73 Å². The third kappa shape index (κ3) is 1.41. The molecule has 0 aliphatic rings. The van der Waals surface area contributed by atoms with Crippen LogP contribution in [0.5, 0.6) is 0 Å². The topological polar surface area (TPSA) is 26.0 Å². The Morgan fingerprint density at radius 2 is 2.23 bits per heavy atom. The molecule has 0 spiro atoms. The first-order valence-corrected chi connectivity index (χ1v) is 5.63. The van der Waals surface area contributed by atoms with Gasteiger partial charge in [0.2, 0.25) is 0 Å². The first kappa shape index (κ1) is 9.19. The van der Waals surface area contributed by atoms with Gasteiger partial charge in [-0.05, 0) is 11.6 Å². The lowest BCUT2D eigenvalue weighted by Crippen LogP contribution is -1.84. The van der Waals surface area contributed by atoms with Crippen molar-refractivity contribution in [2.75, 3.05) is 5.73 Å². The quantitative estimate of drug-likeness (QED) is 0.568. The number of hydrogen-bond donors (Lipinski definition) is 2. The van der Waals surface area contributed by atoms with Crippen LogP contribution in [0.25, 0.3) is 10.1 Å². The molecular weight excluding hydrogens is 222 g/mol. The number of alkyl halides is 1. The summed E-state index contributed by atoms with van der Waals surface area (Å²) in [5, 5.41) is 2.96. The summed E-state index contributed by atoms with van der Waals surface area (Å²) in [7, 11) is 0. The Morgan fingerprint density at radius 1 is 1.46 bits per heavy atom. The third-order valence-electron chi connectivity index (χ3n) is 1.95. The Balaban J connectivity index is 2.87. The van der Waals surface area contributed by atoms with Crippen LogP contribution >= 0.6 is 35.6 Å². The number of benzene rings is 1. The van der Waals surface area contributed by atoms with Crippen molar-refractivity contribution in [3.05, 3.63) is 23.1 Å². The fourth-order valence-corrected chi connectivity index (χ4v) is 3.01. The zero-order chi connectivity index (χ0) is 9.42. The van der Waals surface area contributed by atoms with Gasteiger partial charge in [0.25, 0.3) is 0 Å². The molecule has 1 nitrogen and oxygen atoms in total. The second-order valence-electron chi connectivity index (χ2n) is 2.77. The van der Waals surface area contributed by atoms with Crippen molar-refractivity contribution in [3.63, 3.8) is 0 Å². The van der Waals surface area contributed by atoms with E-state index in [1.807, 2.05) is 17.5 Å². The standard InChI is InChI=1S/C9H8ClNS2/c10-3-5-1-2-7(12)8-6(11)4-13-9(5)8/h1-2,4,12H,3,11H2. The van der Waals surface area contributed by atoms with E-state index in [1.165, 1.54) is 0 Å². The Bertz CT molecular complexity index is 450. The van der Waals surface area contributed by atoms with Crippen LogP contribution in [0.4, 0.5) is 5.69 Å². The molecule has 0 aliphatic heterocycles. The minimum absolute atomic E-state index is 0.518. The molecule has 0 fully saturated rings. The number of nitrogen functional groups attached to an aromatic ring is 1. The Kier molecular flexibility index (Phi) is 2.41. The zero-order valence-electron chi connectivity index (χ0n) is 6.75. The molecule has 2 rings (SSSR count). The van der Waals surface area contributed by atoms with E-state index in [4.69, 9.17) is 17.3 Å². The van der Waals surface area contributed by atoms with E-state index in [1.54, 1.807) is 11.3 Å².